The van der Waals surface area contributed by atoms with Gasteiger partial charge in [0.15, 0.2) is 0 Å². The van der Waals surface area contributed by atoms with E-state index in [1.165, 1.54) is 122 Å². The standard InChI is InChI=1S/C55H103N2O7P/c1-7-10-13-16-19-22-25-28-31-34-37-40-43-46-53(64-55(59)48-45-42-39-36-33-30-27-24-21-18-15-12-9-3)52(51-63-65(60,61)62-50-49-57(4,5)6)56-54(58)47-44-41-38-35-32-29-26-23-20-17-14-11-8-2/h12,15,18,21,24,27,43,46,52-53H,7-11,13-14,16-17,19-20,22-23,25-26,28-42,44-45,47-51H2,1-6H3,(H-,56,58,60,61)/b15-12+,21-18+,27-24-,46-43+. The van der Waals surface area contributed by atoms with Gasteiger partial charge in [0.1, 0.15) is 19.3 Å². The Labute approximate surface area is 401 Å². The van der Waals surface area contributed by atoms with Gasteiger partial charge in [-0.05, 0) is 51.0 Å². The average Bonchev–Trinajstić information content (AvgIpc) is 3.26. The highest BCUT2D eigenvalue weighted by atomic mass is 31.2. The van der Waals surface area contributed by atoms with Gasteiger partial charge < -0.3 is 28.5 Å². The Morgan fingerprint density at radius 3 is 1.46 bits per heavy atom. The largest absolute Gasteiger partial charge is 0.756 e. The van der Waals surface area contributed by atoms with Crippen molar-refractivity contribution in [2.45, 2.75) is 251 Å². The lowest BCUT2D eigenvalue weighted by atomic mass is 10.0. The summed E-state index contributed by atoms with van der Waals surface area (Å²) in [7, 11) is 1.17. The second kappa shape index (κ2) is 45.7. The predicted molar refractivity (Wildman–Crippen MR) is 275 cm³/mol. The summed E-state index contributed by atoms with van der Waals surface area (Å²) in [6, 6.07) is -0.892. The number of nitrogens with one attached hydrogen (secondary N) is 1. The Morgan fingerprint density at radius 2 is 0.985 bits per heavy atom. The van der Waals surface area contributed by atoms with Crippen LogP contribution in [0.5, 0.6) is 0 Å². The van der Waals surface area contributed by atoms with Crippen LogP contribution in [0.25, 0.3) is 0 Å². The van der Waals surface area contributed by atoms with Crippen molar-refractivity contribution in [1.29, 1.82) is 0 Å². The fourth-order valence-corrected chi connectivity index (χ4v) is 8.36. The number of phosphoric acid groups is 1. The molecule has 0 aromatic rings. The SMILES string of the molecule is CC/C=C/C=C/C=C\CCCCCCCC(=O)OC(/C=C/CCCCCCCCCCCCC)C(COP(=O)([O-])OCC[N+](C)(C)C)NC(=O)CCCCCCCCCCCCCCC. The normalized spacial score (nSPS) is 14.3. The second-order valence-electron chi connectivity index (χ2n) is 19.4. The number of allylic oxidation sites excluding steroid dienone is 7. The number of hydrogen-bond acceptors (Lipinski definition) is 7. The van der Waals surface area contributed by atoms with Crippen molar-refractivity contribution in [2.24, 2.45) is 0 Å². The molecule has 0 aliphatic carbocycles. The quantitative estimate of drug-likeness (QED) is 0.0161. The lowest BCUT2D eigenvalue weighted by molar-refractivity contribution is -0.870. The fraction of sp³-hybridized carbons (Fsp3) is 0.818. The van der Waals surface area contributed by atoms with Crippen LogP contribution in [-0.4, -0.2) is 69.4 Å². The summed E-state index contributed by atoms with van der Waals surface area (Å²) in [5.41, 5.74) is 0. The average molecular weight is 935 g/mol. The molecule has 1 N–H and O–H groups in total. The van der Waals surface area contributed by atoms with Crippen LogP contribution in [0, 0.1) is 0 Å². The van der Waals surface area contributed by atoms with Gasteiger partial charge in [0, 0.05) is 12.8 Å². The maximum atomic E-state index is 13.4. The van der Waals surface area contributed by atoms with Crippen molar-refractivity contribution in [3.05, 3.63) is 48.6 Å². The molecule has 0 bridgehead atoms. The molecule has 0 aliphatic rings. The van der Waals surface area contributed by atoms with E-state index in [2.05, 4.69) is 56.5 Å². The van der Waals surface area contributed by atoms with Gasteiger partial charge in [-0.15, -0.1) is 0 Å². The number of amides is 1. The molecule has 0 spiro atoms. The summed E-state index contributed by atoms with van der Waals surface area (Å²) < 4.78 is 30.1. The molecular weight excluding hydrogens is 832 g/mol. The Bertz CT molecular complexity index is 1260. The molecule has 1 amide bonds. The van der Waals surface area contributed by atoms with E-state index in [0.717, 1.165) is 77.0 Å². The first-order valence-electron chi connectivity index (χ1n) is 27.0. The summed E-state index contributed by atoms with van der Waals surface area (Å²) in [6.07, 6.45) is 53.5. The van der Waals surface area contributed by atoms with Gasteiger partial charge in [0.25, 0.3) is 7.82 Å². The number of esters is 1. The van der Waals surface area contributed by atoms with Crippen molar-refractivity contribution in [3.8, 4) is 0 Å². The summed E-state index contributed by atoms with van der Waals surface area (Å²) in [5.74, 6) is -0.561. The molecule has 3 atom stereocenters. The molecule has 0 radical (unpaired) electrons. The number of nitrogens with zero attached hydrogens (tertiary/aromatic N) is 1. The van der Waals surface area contributed by atoms with Crippen molar-refractivity contribution in [3.63, 3.8) is 0 Å². The molecule has 3 unspecified atom stereocenters. The molecule has 0 aliphatic heterocycles. The number of phosphoric ester groups is 1. The molecular formula is C55H103N2O7P. The number of hydrogen-bond donors (Lipinski definition) is 1. The van der Waals surface area contributed by atoms with E-state index in [1.54, 1.807) is 0 Å². The van der Waals surface area contributed by atoms with Gasteiger partial charge in [0.2, 0.25) is 5.91 Å². The van der Waals surface area contributed by atoms with Crippen molar-refractivity contribution >= 4 is 19.7 Å². The van der Waals surface area contributed by atoms with Crippen LogP contribution in [0.2, 0.25) is 0 Å². The van der Waals surface area contributed by atoms with Gasteiger partial charge in [-0.25, -0.2) is 0 Å². The van der Waals surface area contributed by atoms with Crippen LogP contribution in [-0.2, 0) is 27.9 Å². The number of likely N-dealkylation sites (N-methyl/N-ethyl adjacent to an activating group) is 1. The van der Waals surface area contributed by atoms with Crippen LogP contribution >= 0.6 is 7.82 Å². The first kappa shape index (κ1) is 63.0. The molecule has 0 fully saturated rings. The smallest absolute Gasteiger partial charge is 0.306 e. The second-order valence-corrected chi connectivity index (χ2v) is 20.8. The number of unbranched alkanes of at least 4 members (excludes halogenated alkanes) is 28. The van der Waals surface area contributed by atoms with Gasteiger partial charge >= 0.3 is 5.97 Å². The molecule has 10 heteroatoms. The van der Waals surface area contributed by atoms with E-state index in [4.69, 9.17) is 13.8 Å². The summed E-state index contributed by atoms with van der Waals surface area (Å²) in [4.78, 5) is 39.7. The monoisotopic (exact) mass is 935 g/mol. The van der Waals surface area contributed by atoms with Crippen LogP contribution in [0.3, 0.4) is 0 Å². The van der Waals surface area contributed by atoms with Crippen LogP contribution < -0.4 is 10.2 Å². The first-order valence-corrected chi connectivity index (χ1v) is 28.4. The van der Waals surface area contributed by atoms with Crippen molar-refractivity contribution in [2.75, 3.05) is 40.9 Å². The Kier molecular flexibility index (Phi) is 44.3. The topological polar surface area (TPSA) is 114 Å². The zero-order valence-corrected chi connectivity index (χ0v) is 44.1. The molecule has 65 heavy (non-hydrogen) atoms. The maximum absolute atomic E-state index is 13.4. The first-order chi connectivity index (χ1) is 31.4. The molecule has 0 rings (SSSR count). The van der Waals surface area contributed by atoms with Gasteiger partial charge in [-0.3, -0.25) is 14.2 Å². The van der Waals surface area contributed by atoms with Crippen molar-refractivity contribution in [1.82, 2.24) is 5.32 Å². The lowest BCUT2D eigenvalue weighted by Crippen LogP contribution is -2.47. The Morgan fingerprint density at radius 1 is 0.554 bits per heavy atom. The van der Waals surface area contributed by atoms with E-state index in [1.807, 2.05) is 39.4 Å². The minimum atomic E-state index is -4.69. The highest BCUT2D eigenvalue weighted by Gasteiger charge is 2.27. The third-order valence-corrected chi connectivity index (χ3v) is 12.8. The highest BCUT2D eigenvalue weighted by molar-refractivity contribution is 7.45. The highest BCUT2D eigenvalue weighted by Crippen LogP contribution is 2.38. The Balaban J connectivity index is 5.45. The number of quaternary nitrogens is 1. The Hall–Kier alpha value is -2.03. The van der Waals surface area contributed by atoms with Crippen LogP contribution in [0.1, 0.15) is 239 Å². The number of rotatable bonds is 48. The molecule has 0 aromatic heterocycles. The van der Waals surface area contributed by atoms with Crippen molar-refractivity contribution < 1.29 is 37.3 Å². The summed E-state index contributed by atoms with van der Waals surface area (Å²) in [6.45, 7) is 6.69. The number of carbonyl (C=O) groups is 2. The number of ether oxygens (including phenoxy) is 1. The number of carbonyl (C=O) groups excluding carboxylic acids is 2. The van der Waals surface area contributed by atoms with Gasteiger partial charge in [-0.2, -0.15) is 0 Å². The third kappa shape index (κ3) is 46.9. The van der Waals surface area contributed by atoms with E-state index < -0.39 is 26.6 Å². The van der Waals surface area contributed by atoms with E-state index in [0.29, 0.717) is 23.9 Å². The molecule has 380 valence electrons. The van der Waals surface area contributed by atoms with E-state index in [9.17, 15) is 19.0 Å². The summed E-state index contributed by atoms with van der Waals surface area (Å²) in [5, 5.41) is 3.01. The molecule has 0 saturated heterocycles. The summed E-state index contributed by atoms with van der Waals surface area (Å²) >= 11 is 0. The minimum absolute atomic E-state index is 0.0252. The van der Waals surface area contributed by atoms with E-state index >= 15 is 0 Å². The molecule has 0 heterocycles. The zero-order chi connectivity index (χ0) is 48.0. The predicted octanol–water partition coefficient (Wildman–Crippen LogP) is 15.1. The molecule has 0 aromatic carbocycles. The molecule has 9 nitrogen and oxygen atoms in total. The maximum Gasteiger partial charge on any atom is 0.306 e. The minimum Gasteiger partial charge on any atom is -0.756 e. The van der Waals surface area contributed by atoms with E-state index in [-0.39, 0.29) is 24.9 Å². The van der Waals surface area contributed by atoms with Crippen LogP contribution in [0.15, 0.2) is 48.6 Å². The molecule has 0 saturated carbocycles. The van der Waals surface area contributed by atoms with Gasteiger partial charge in [-0.1, -0.05) is 224 Å². The third-order valence-electron chi connectivity index (χ3n) is 11.8. The van der Waals surface area contributed by atoms with Gasteiger partial charge in [0.05, 0.1) is 33.8 Å². The lowest BCUT2D eigenvalue weighted by Gasteiger charge is -2.30. The fourth-order valence-electron chi connectivity index (χ4n) is 7.64. The zero-order valence-electron chi connectivity index (χ0n) is 43.2. The van der Waals surface area contributed by atoms with Crippen LogP contribution in [0.4, 0.5) is 0 Å².